The van der Waals surface area contributed by atoms with E-state index in [-0.39, 0.29) is 12.5 Å². The van der Waals surface area contributed by atoms with E-state index in [2.05, 4.69) is 22.2 Å². The van der Waals surface area contributed by atoms with Crippen LogP contribution >= 0.6 is 0 Å². The van der Waals surface area contributed by atoms with Crippen molar-refractivity contribution in [1.29, 1.82) is 0 Å². The Morgan fingerprint density at radius 3 is 2.54 bits per heavy atom. The average Bonchev–Trinajstić information content (AvgIpc) is 2.63. The Morgan fingerprint density at radius 1 is 1.15 bits per heavy atom. The van der Waals surface area contributed by atoms with Crippen LogP contribution in [-0.2, 0) is 6.54 Å². The van der Waals surface area contributed by atoms with Crippen LogP contribution in [0.15, 0.2) is 30.3 Å². The molecule has 6 nitrogen and oxygen atoms in total. The van der Waals surface area contributed by atoms with Gasteiger partial charge >= 0.3 is 0 Å². The molecule has 0 bridgehead atoms. The van der Waals surface area contributed by atoms with Gasteiger partial charge in [0.2, 0.25) is 0 Å². The highest BCUT2D eigenvalue weighted by molar-refractivity contribution is 5.94. The second-order valence-electron chi connectivity index (χ2n) is 6.44. The number of aromatic nitrogens is 2. The first-order valence-corrected chi connectivity index (χ1v) is 9.02. The van der Waals surface area contributed by atoms with Gasteiger partial charge in [-0.1, -0.05) is 19.8 Å². The van der Waals surface area contributed by atoms with Crippen molar-refractivity contribution in [2.45, 2.75) is 39.7 Å². The van der Waals surface area contributed by atoms with Crippen molar-refractivity contribution in [2.75, 3.05) is 25.6 Å². The summed E-state index contributed by atoms with van der Waals surface area (Å²) in [5, 5.41) is 2.86. The minimum absolute atomic E-state index is 0.154. The maximum Gasteiger partial charge on any atom is 0.251 e. The Kier molecular flexibility index (Phi) is 7.38. The molecule has 0 unspecified atom stereocenters. The number of carbonyl (C=O) groups excluding carboxylic acids is 1. The Morgan fingerprint density at radius 2 is 1.88 bits per heavy atom. The SMILES string of the molecule is CCCCCOc1ccc(C(=O)NCc2nc(C)cc(N(C)C)n2)cc1. The van der Waals surface area contributed by atoms with Crippen molar-refractivity contribution < 1.29 is 9.53 Å². The molecule has 1 heterocycles. The van der Waals surface area contributed by atoms with Crippen molar-refractivity contribution in [3.63, 3.8) is 0 Å². The molecule has 0 fully saturated rings. The third kappa shape index (κ3) is 6.02. The summed E-state index contributed by atoms with van der Waals surface area (Å²) >= 11 is 0. The molecule has 6 heteroatoms. The lowest BCUT2D eigenvalue weighted by Crippen LogP contribution is -2.24. The zero-order valence-electron chi connectivity index (χ0n) is 16.1. The third-order valence-corrected chi connectivity index (χ3v) is 3.89. The van der Waals surface area contributed by atoms with Gasteiger partial charge in [0.1, 0.15) is 17.4 Å². The number of hydrogen-bond donors (Lipinski definition) is 1. The second-order valence-corrected chi connectivity index (χ2v) is 6.44. The van der Waals surface area contributed by atoms with Crippen LogP contribution in [0.2, 0.25) is 0 Å². The van der Waals surface area contributed by atoms with Crippen LogP contribution in [-0.4, -0.2) is 36.6 Å². The molecule has 0 aliphatic rings. The summed E-state index contributed by atoms with van der Waals surface area (Å²) in [5.41, 5.74) is 1.46. The summed E-state index contributed by atoms with van der Waals surface area (Å²) in [4.78, 5) is 23.0. The maximum atomic E-state index is 12.3. The molecule has 0 radical (unpaired) electrons. The Hall–Kier alpha value is -2.63. The molecular weight excluding hydrogens is 328 g/mol. The summed E-state index contributed by atoms with van der Waals surface area (Å²) in [6.45, 7) is 5.07. The lowest BCUT2D eigenvalue weighted by molar-refractivity contribution is 0.0950. The predicted molar refractivity (Wildman–Crippen MR) is 104 cm³/mol. The summed E-state index contributed by atoms with van der Waals surface area (Å²) in [5.74, 6) is 2.05. The van der Waals surface area contributed by atoms with Gasteiger partial charge in [-0.25, -0.2) is 9.97 Å². The largest absolute Gasteiger partial charge is 0.494 e. The molecule has 26 heavy (non-hydrogen) atoms. The molecule has 140 valence electrons. The van der Waals surface area contributed by atoms with Crippen LogP contribution in [0.1, 0.15) is 48.1 Å². The van der Waals surface area contributed by atoms with E-state index in [9.17, 15) is 4.79 Å². The van der Waals surface area contributed by atoms with Crippen LogP contribution in [0, 0.1) is 6.92 Å². The lowest BCUT2D eigenvalue weighted by Gasteiger charge is -2.13. The van der Waals surface area contributed by atoms with Gasteiger partial charge in [0.05, 0.1) is 13.2 Å². The Labute approximate surface area is 155 Å². The quantitative estimate of drug-likeness (QED) is 0.698. The van der Waals surface area contributed by atoms with E-state index in [1.807, 2.05) is 44.1 Å². The average molecular weight is 356 g/mol. The zero-order chi connectivity index (χ0) is 18.9. The number of hydrogen-bond acceptors (Lipinski definition) is 5. The van der Waals surface area contributed by atoms with Gasteiger partial charge in [-0.3, -0.25) is 4.79 Å². The first kappa shape index (κ1) is 19.7. The number of carbonyl (C=O) groups is 1. The van der Waals surface area contributed by atoms with Crippen LogP contribution in [0.3, 0.4) is 0 Å². The number of benzene rings is 1. The zero-order valence-corrected chi connectivity index (χ0v) is 16.1. The minimum atomic E-state index is -0.154. The third-order valence-electron chi connectivity index (χ3n) is 3.89. The van der Waals surface area contributed by atoms with E-state index >= 15 is 0 Å². The van der Waals surface area contributed by atoms with Crippen LogP contribution < -0.4 is 15.0 Å². The smallest absolute Gasteiger partial charge is 0.251 e. The number of nitrogens with zero attached hydrogens (tertiary/aromatic N) is 3. The Bertz CT molecular complexity index is 714. The van der Waals surface area contributed by atoms with Gasteiger partial charge in [-0.15, -0.1) is 0 Å². The molecule has 1 aromatic carbocycles. The molecular formula is C20H28N4O2. The van der Waals surface area contributed by atoms with Crippen molar-refractivity contribution in [3.8, 4) is 5.75 Å². The van der Waals surface area contributed by atoms with Gasteiger partial charge in [-0.2, -0.15) is 0 Å². The molecule has 1 amide bonds. The lowest BCUT2D eigenvalue weighted by atomic mass is 10.2. The van der Waals surface area contributed by atoms with Gasteiger partial charge in [0.15, 0.2) is 0 Å². The molecule has 1 N–H and O–H groups in total. The standard InChI is InChI=1S/C20H28N4O2/c1-5-6-7-12-26-17-10-8-16(9-11-17)20(25)21-14-18-22-15(2)13-19(23-18)24(3)4/h8-11,13H,5-7,12,14H2,1-4H3,(H,21,25). The van der Waals surface area contributed by atoms with Crippen LogP contribution in [0.25, 0.3) is 0 Å². The number of unbranched alkanes of at least 4 members (excludes halogenated alkanes) is 2. The van der Waals surface area contributed by atoms with E-state index in [0.29, 0.717) is 18.0 Å². The molecule has 2 rings (SSSR count). The maximum absolute atomic E-state index is 12.3. The molecule has 2 aromatic rings. The molecule has 0 atom stereocenters. The first-order chi connectivity index (χ1) is 12.5. The highest BCUT2D eigenvalue weighted by Gasteiger charge is 2.08. The summed E-state index contributed by atoms with van der Waals surface area (Å²) in [6.07, 6.45) is 3.38. The molecule has 1 aromatic heterocycles. The van der Waals surface area contributed by atoms with Crippen LogP contribution in [0.5, 0.6) is 5.75 Å². The fourth-order valence-electron chi connectivity index (χ4n) is 2.43. The van der Waals surface area contributed by atoms with E-state index in [4.69, 9.17) is 4.74 Å². The summed E-state index contributed by atoms with van der Waals surface area (Å²) in [6, 6.07) is 9.10. The Balaban J connectivity index is 1.90. The first-order valence-electron chi connectivity index (χ1n) is 9.02. The highest BCUT2D eigenvalue weighted by Crippen LogP contribution is 2.13. The topological polar surface area (TPSA) is 67.3 Å². The molecule has 0 saturated heterocycles. The highest BCUT2D eigenvalue weighted by atomic mass is 16.5. The normalized spacial score (nSPS) is 10.5. The number of anilines is 1. The van der Waals surface area contributed by atoms with Gasteiger partial charge in [0, 0.05) is 31.4 Å². The number of ether oxygens (including phenoxy) is 1. The van der Waals surface area contributed by atoms with E-state index in [1.54, 1.807) is 12.1 Å². The van der Waals surface area contributed by atoms with E-state index < -0.39 is 0 Å². The van der Waals surface area contributed by atoms with Crippen molar-refractivity contribution >= 4 is 11.7 Å². The minimum Gasteiger partial charge on any atom is -0.494 e. The monoisotopic (exact) mass is 356 g/mol. The number of amides is 1. The van der Waals surface area contributed by atoms with Crippen molar-refractivity contribution in [2.24, 2.45) is 0 Å². The fourth-order valence-corrected chi connectivity index (χ4v) is 2.43. The summed E-state index contributed by atoms with van der Waals surface area (Å²) in [7, 11) is 3.85. The summed E-state index contributed by atoms with van der Waals surface area (Å²) < 4.78 is 5.66. The van der Waals surface area contributed by atoms with E-state index in [0.717, 1.165) is 30.1 Å². The van der Waals surface area contributed by atoms with Gasteiger partial charge in [0.25, 0.3) is 5.91 Å². The molecule has 0 spiro atoms. The number of rotatable bonds is 9. The van der Waals surface area contributed by atoms with Crippen LogP contribution in [0.4, 0.5) is 5.82 Å². The second kappa shape index (κ2) is 9.75. The number of aryl methyl sites for hydroxylation is 1. The van der Waals surface area contributed by atoms with Gasteiger partial charge in [-0.05, 0) is 37.6 Å². The molecule has 0 aliphatic heterocycles. The predicted octanol–water partition coefficient (Wildman–Crippen LogP) is 3.35. The molecule has 0 saturated carbocycles. The van der Waals surface area contributed by atoms with E-state index in [1.165, 1.54) is 6.42 Å². The van der Waals surface area contributed by atoms with Crippen molar-refractivity contribution in [3.05, 3.63) is 47.4 Å². The van der Waals surface area contributed by atoms with Crippen molar-refractivity contribution in [1.82, 2.24) is 15.3 Å². The fraction of sp³-hybridized carbons (Fsp3) is 0.450. The molecule has 0 aliphatic carbocycles. The number of nitrogens with one attached hydrogen (secondary N) is 1. The van der Waals surface area contributed by atoms with Gasteiger partial charge < -0.3 is 15.0 Å².